The minimum absolute atomic E-state index is 0.0492. The molecule has 5 amide bonds. The Labute approximate surface area is 594 Å². The first-order chi connectivity index (χ1) is 48.3. The van der Waals surface area contributed by atoms with E-state index in [1.54, 1.807) is 56.7 Å². The summed E-state index contributed by atoms with van der Waals surface area (Å²) in [6.07, 6.45) is 4.77. The van der Waals surface area contributed by atoms with E-state index in [0.29, 0.717) is 140 Å². The number of para-hydroxylation sites is 3. The van der Waals surface area contributed by atoms with Gasteiger partial charge in [-0.05, 0) is 140 Å². The molecule has 4 aliphatic rings. The quantitative estimate of drug-likeness (QED) is 0.0310. The van der Waals surface area contributed by atoms with E-state index < -0.39 is 17.7 Å². The maximum Gasteiger partial charge on any atom is 0.254 e. The molecular weight excluding hydrogens is 1360 g/mol. The topological polar surface area (TPSA) is 322 Å². The standard InChI is InChI=1S/C25H24ClN5O3.C25H22ClN5O2.C23H21Cl2N5O3/c1-2-21(32)30-13-16(14-30)19-10-11-28-25-22(24(27)33)23(29-31(19)25)15-8-9-20(18(26)12-15)34-17-6-4-3-5-7-17;26-20-11-8-16(27)14-19(20)21-12-13-29-25-22(24(28)32)23(30-31(21)25)15-6-9-18(10-7-15)33-17-4-2-1-3-5-17;1-3-18(31)28-16-7-5-4-6-13(16)17-8-9-27-23-19(22(26)32)20(29-30(17)23)12-10-14(24)21(33-2)15(25)11-12/h2-9,12,16,19,28H,1,10-11,13-14H2,(H2,27,33);1-11,14,21,29H,12-13,27H2,(H2,28,32);3-7,10-11,17,27H,1,8-9H2,2H3,(H2,26,32)(H,28,31). The molecule has 3 aromatic heterocycles. The molecule has 12 N–H and O–H groups in total. The molecule has 14 rings (SSSR count). The molecule has 3 atom stereocenters. The number of anilines is 5. The van der Waals surface area contributed by atoms with Crippen LogP contribution in [0.5, 0.6) is 28.7 Å². The van der Waals surface area contributed by atoms with Gasteiger partial charge in [0.25, 0.3) is 17.7 Å². The molecule has 0 radical (unpaired) electrons. The number of likely N-dealkylation sites (tertiary alicyclic amines) is 1. The molecule has 10 aromatic rings. The molecule has 27 heteroatoms. The number of halogens is 4. The molecule has 0 saturated carbocycles. The van der Waals surface area contributed by atoms with Crippen LogP contribution < -0.4 is 58.4 Å². The van der Waals surface area contributed by atoms with Crippen molar-refractivity contribution in [2.45, 2.75) is 37.4 Å². The van der Waals surface area contributed by atoms with Crippen molar-refractivity contribution in [1.29, 1.82) is 0 Å². The third-order valence-corrected chi connectivity index (χ3v) is 18.6. The normalized spacial score (nSPS) is 15.7. The molecule has 23 nitrogen and oxygen atoms in total. The Kier molecular flexibility index (Phi) is 20.5. The number of methoxy groups -OCH3 is 1. The van der Waals surface area contributed by atoms with Gasteiger partial charge < -0.3 is 63.3 Å². The highest BCUT2D eigenvalue weighted by Gasteiger charge is 2.41. The van der Waals surface area contributed by atoms with E-state index in [1.807, 2.05) is 120 Å². The predicted molar refractivity (Wildman–Crippen MR) is 389 cm³/mol. The number of nitrogen functional groups attached to an aromatic ring is 1. The van der Waals surface area contributed by atoms with Crippen molar-refractivity contribution in [1.82, 2.24) is 34.2 Å². The van der Waals surface area contributed by atoms with Gasteiger partial charge in [0.15, 0.2) is 5.75 Å². The maximum absolute atomic E-state index is 12.5. The van der Waals surface area contributed by atoms with E-state index in [9.17, 15) is 24.0 Å². The zero-order valence-corrected chi connectivity index (χ0v) is 56.8. The summed E-state index contributed by atoms with van der Waals surface area (Å²) in [6.45, 7) is 10.2. The number of aromatic nitrogens is 6. The van der Waals surface area contributed by atoms with E-state index in [0.717, 1.165) is 35.3 Å². The number of carbonyl (C=O) groups excluding carboxylic acids is 5. The van der Waals surface area contributed by atoms with Gasteiger partial charge >= 0.3 is 0 Å². The number of carbonyl (C=O) groups is 5. The molecule has 1 saturated heterocycles. The lowest BCUT2D eigenvalue weighted by molar-refractivity contribution is -0.133. The minimum Gasteiger partial charge on any atom is -0.494 e. The van der Waals surface area contributed by atoms with Crippen LogP contribution in [0.2, 0.25) is 20.1 Å². The van der Waals surface area contributed by atoms with Gasteiger partial charge in [-0.1, -0.05) is 114 Å². The Morgan fingerprint density at radius 2 is 1.02 bits per heavy atom. The highest BCUT2D eigenvalue weighted by Crippen LogP contribution is 2.45. The first-order valence-electron chi connectivity index (χ1n) is 31.7. The van der Waals surface area contributed by atoms with Crippen LogP contribution in [0.1, 0.15) is 79.6 Å². The zero-order valence-electron chi connectivity index (χ0n) is 53.8. The summed E-state index contributed by atoms with van der Waals surface area (Å²) in [5.74, 6) is 2.67. The number of rotatable bonds is 17. The molecule has 0 bridgehead atoms. The largest absolute Gasteiger partial charge is 0.494 e. The molecular formula is C73H67Cl4N15O8. The van der Waals surface area contributed by atoms with Crippen LogP contribution in [0.4, 0.5) is 28.8 Å². The summed E-state index contributed by atoms with van der Waals surface area (Å²) in [7, 11) is 1.47. The number of hydrogen-bond acceptors (Lipinski definition) is 15. The monoisotopic (exact) mass is 1420 g/mol. The number of nitrogens with two attached hydrogens (primary N) is 4. The lowest BCUT2D eigenvalue weighted by Crippen LogP contribution is -2.53. The van der Waals surface area contributed by atoms with E-state index in [4.69, 9.17) is 98.8 Å². The number of hydrogen-bond donors (Lipinski definition) is 8. The molecule has 3 unspecified atom stereocenters. The number of benzene rings is 7. The minimum atomic E-state index is -0.643. The van der Waals surface area contributed by atoms with Crippen molar-refractivity contribution < 1.29 is 38.2 Å². The summed E-state index contributed by atoms with van der Waals surface area (Å²) >= 11 is 25.7. The van der Waals surface area contributed by atoms with Gasteiger partial charge in [0.2, 0.25) is 11.8 Å². The van der Waals surface area contributed by atoms with Crippen LogP contribution in [0.3, 0.4) is 0 Å². The zero-order chi connectivity index (χ0) is 70.5. The van der Waals surface area contributed by atoms with Crippen molar-refractivity contribution in [2.24, 2.45) is 23.1 Å². The van der Waals surface area contributed by atoms with Crippen molar-refractivity contribution in [3.63, 3.8) is 0 Å². The van der Waals surface area contributed by atoms with E-state index in [-0.39, 0.29) is 51.5 Å². The van der Waals surface area contributed by atoms with Gasteiger partial charge in [-0.2, -0.15) is 15.3 Å². The van der Waals surface area contributed by atoms with Crippen LogP contribution in [0, 0.1) is 5.92 Å². The Bertz CT molecular complexity index is 4780. The average Bonchev–Trinajstić information content (AvgIpc) is 1.61. The van der Waals surface area contributed by atoms with Crippen molar-refractivity contribution in [3.05, 3.63) is 231 Å². The Morgan fingerprint density at radius 1 is 0.530 bits per heavy atom. The average molecular weight is 1420 g/mol. The van der Waals surface area contributed by atoms with Gasteiger partial charge in [-0.3, -0.25) is 24.0 Å². The highest BCUT2D eigenvalue weighted by molar-refractivity contribution is 6.37. The number of primary amides is 3. The van der Waals surface area contributed by atoms with Gasteiger partial charge in [-0.25, -0.2) is 14.0 Å². The summed E-state index contributed by atoms with van der Waals surface area (Å²) < 4.78 is 22.3. The Hall–Kier alpha value is -11.2. The third-order valence-electron chi connectivity index (χ3n) is 17.4. The third kappa shape index (κ3) is 14.2. The maximum atomic E-state index is 12.5. The summed E-state index contributed by atoms with van der Waals surface area (Å²) in [6, 6.07) is 47.2. The lowest BCUT2D eigenvalue weighted by Gasteiger charge is -2.44. The van der Waals surface area contributed by atoms with Crippen molar-refractivity contribution in [3.8, 4) is 62.5 Å². The first kappa shape index (κ1) is 68.7. The SMILES string of the molecule is C=CC(=O)N1CC(C2CCNc3c(C(N)=O)c(-c4ccc(Oc5ccccc5)c(Cl)c4)nn32)C1.C=CC(=O)Nc1ccccc1C1CCNc2c(C(N)=O)c(-c3cc(Cl)c(OC)c(Cl)c3)nn21.NC(=O)c1c(-c2ccc(Oc3ccccc3)cc2)nn2c1NCCC2c1cc(N)ccc1Cl. The van der Waals surface area contributed by atoms with E-state index in [1.165, 1.54) is 19.3 Å². The summed E-state index contributed by atoms with van der Waals surface area (Å²) in [5.41, 5.74) is 30.4. The molecule has 1 fully saturated rings. The fourth-order valence-electron chi connectivity index (χ4n) is 12.7. The molecule has 4 aliphatic heterocycles. The van der Waals surface area contributed by atoms with E-state index >= 15 is 0 Å². The van der Waals surface area contributed by atoms with Gasteiger partial charge in [0.05, 0.1) is 40.3 Å². The summed E-state index contributed by atoms with van der Waals surface area (Å²) in [5, 5.41) is 28.5. The fourth-order valence-corrected chi connectivity index (χ4v) is 13.8. The molecule has 0 aliphatic carbocycles. The van der Waals surface area contributed by atoms with Crippen LogP contribution in [-0.4, -0.2) is 104 Å². The second-order valence-electron chi connectivity index (χ2n) is 23.6. The lowest BCUT2D eigenvalue weighted by atomic mass is 9.88. The van der Waals surface area contributed by atoms with Gasteiger partial charge in [0.1, 0.15) is 74.2 Å². The highest BCUT2D eigenvalue weighted by atomic mass is 35.5. The van der Waals surface area contributed by atoms with Crippen molar-refractivity contribution in [2.75, 3.05) is 66.8 Å². The second-order valence-corrected chi connectivity index (χ2v) is 25.3. The molecule has 7 heterocycles. The second kappa shape index (κ2) is 29.9. The fraction of sp³-hybridized carbons (Fsp3) is 0.178. The molecule has 510 valence electrons. The smallest absolute Gasteiger partial charge is 0.254 e. The van der Waals surface area contributed by atoms with E-state index in [2.05, 4.69) is 34.4 Å². The molecule has 7 aromatic carbocycles. The van der Waals surface area contributed by atoms with Crippen molar-refractivity contribution >= 4 is 105 Å². The predicted octanol–water partition coefficient (Wildman–Crippen LogP) is 13.7. The summed E-state index contributed by atoms with van der Waals surface area (Å²) in [4.78, 5) is 63.0. The Morgan fingerprint density at radius 3 is 1.58 bits per heavy atom. The van der Waals surface area contributed by atoms with Crippen LogP contribution in [-0.2, 0) is 9.59 Å². The number of ether oxygens (including phenoxy) is 3. The number of fused-ring (bicyclic) bond motifs is 3. The number of nitrogens with one attached hydrogen (secondary N) is 4. The van der Waals surface area contributed by atoms with Crippen LogP contribution in [0.25, 0.3) is 33.8 Å². The van der Waals surface area contributed by atoms with Gasteiger partial charge in [-0.15, -0.1) is 0 Å². The van der Waals surface area contributed by atoms with Crippen LogP contribution >= 0.6 is 46.4 Å². The number of nitrogens with zero attached hydrogens (tertiary/aromatic N) is 7. The molecule has 100 heavy (non-hydrogen) atoms. The number of amides is 5. The first-order valence-corrected chi connectivity index (χ1v) is 33.2. The Balaban J connectivity index is 0.000000142. The van der Waals surface area contributed by atoms with Crippen LogP contribution in [0.15, 0.2) is 183 Å². The van der Waals surface area contributed by atoms with Gasteiger partial charge in [0, 0.05) is 77.3 Å². The molecule has 0 spiro atoms.